The number of ether oxygens (including phenoxy) is 1. The number of carbonyl (C=O) groups is 1. The molecule has 0 atom stereocenters. The molecule has 0 unspecified atom stereocenters. The molecule has 104 valence electrons. The Morgan fingerprint density at radius 2 is 1.95 bits per heavy atom. The van der Waals surface area contributed by atoms with Crippen LogP contribution in [0.2, 0.25) is 0 Å². The van der Waals surface area contributed by atoms with Gasteiger partial charge in [0.1, 0.15) is 5.82 Å². The number of anilines is 1. The second-order valence-electron chi connectivity index (χ2n) is 4.17. The Labute approximate surface area is 124 Å². The van der Waals surface area contributed by atoms with Crippen LogP contribution in [-0.2, 0) is 11.3 Å². The van der Waals surface area contributed by atoms with E-state index in [0.29, 0.717) is 6.54 Å². The lowest BCUT2D eigenvalue weighted by atomic mass is 10.1. The van der Waals surface area contributed by atoms with Crippen LogP contribution >= 0.6 is 15.9 Å². The molecule has 0 spiro atoms. The highest BCUT2D eigenvalue weighted by Gasteiger charge is 2.12. The fraction of sp³-hybridized carbons (Fsp3) is 0.133. The van der Waals surface area contributed by atoms with E-state index in [1.807, 2.05) is 24.3 Å². The highest BCUT2D eigenvalue weighted by Crippen LogP contribution is 2.16. The van der Waals surface area contributed by atoms with Gasteiger partial charge < -0.3 is 10.1 Å². The van der Waals surface area contributed by atoms with E-state index >= 15 is 0 Å². The van der Waals surface area contributed by atoms with Gasteiger partial charge in [-0.3, -0.25) is 0 Å². The quantitative estimate of drug-likeness (QED) is 0.857. The van der Waals surface area contributed by atoms with Crippen molar-refractivity contribution in [3.63, 3.8) is 0 Å². The minimum absolute atomic E-state index is 0.0557. The molecule has 20 heavy (non-hydrogen) atoms. The fourth-order valence-electron chi connectivity index (χ4n) is 1.72. The molecule has 2 rings (SSSR count). The van der Waals surface area contributed by atoms with E-state index in [4.69, 9.17) is 0 Å². The van der Waals surface area contributed by atoms with Crippen molar-refractivity contribution < 1.29 is 13.9 Å². The summed E-state index contributed by atoms with van der Waals surface area (Å²) in [6, 6.07) is 12.1. The van der Waals surface area contributed by atoms with Crippen molar-refractivity contribution in [1.82, 2.24) is 0 Å². The Morgan fingerprint density at radius 1 is 1.25 bits per heavy atom. The number of hydrogen-bond donors (Lipinski definition) is 1. The lowest BCUT2D eigenvalue weighted by molar-refractivity contribution is 0.0595. The van der Waals surface area contributed by atoms with Crippen molar-refractivity contribution in [2.24, 2.45) is 0 Å². The van der Waals surface area contributed by atoms with Crippen LogP contribution in [0.15, 0.2) is 46.9 Å². The van der Waals surface area contributed by atoms with Gasteiger partial charge in [0, 0.05) is 16.7 Å². The SMILES string of the molecule is COC(=O)c1ccc(CNc2ccc(Br)cc2)cc1F. The zero-order valence-electron chi connectivity index (χ0n) is 10.8. The molecule has 1 N–H and O–H groups in total. The Morgan fingerprint density at radius 3 is 2.55 bits per heavy atom. The van der Waals surface area contributed by atoms with Gasteiger partial charge in [0.25, 0.3) is 0 Å². The van der Waals surface area contributed by atoms with Crippen LogP contribution in [0.5, 0.6) is 0 Å². The van der Waals surface area contributed by atoms with Gasteiger partial charge in [0.15, 0.2) is 0 Å². The van der Waals surface area contributed by atoms with Gasteiger partial charge >= 0.3 is 5.97 Å². The number of methoxy groups -OCH3 is 1. The number of hydrogen-bond acceptors (Lipinski definition) is 3. The number of esters is 1. The Kier molecular flexibility index (Phi) is 4.74. The molecule has 2 aromatic carbocycles. The smallest absolute Gasteiger partial charge is 0.340 e. The summed E-state index contributed by atoms with van der Waals surface area (Å²) in [5.41, 5.74) is 1.63. The van der Waals surface area contributed by atoms with Crippen LogP contribution in [0.1, 0.15) is 15.9 Å². The summed E-state index contributed by atoms with van der Waals surface area (Å²) < 4.78 is 19.2. The minimum Gasteiger partial charge on any atom is -0.465 e. The maximum absolute atomic E-state index is 13.7. The summed E-state index contributed by atoms with van der Waals surface area (Å²) in [7, 11) is 1.23. The van der Waals surface area contributed by atoms with Crippen LogP contribution in [0.4, 0.5) is 10.1 Å². The zero-order chi connectivity index (χ0) is 14.5. The molecular weight excluding hydrogens is 325 g/mol. The molecule has 2 aromatic rings. The van der Waals surface area contributed by atoms with Crippen molar-refractivity contribution in [3.8, 4) is 0 Å². The first kappa shape index (κ1) is 14.5. The van der Waals surface area contributed by atoms with Crippen LogP contribution in [0.3, 0.4) is 0 Å². The lowest BCUT2D eigenvalue weighted by Crippen LogP contribution is -2.06. The first-order chi connectivity index (χ1) is 9.60. The average Bonchev–Trinajstić information content (AvgIpc) is 2.46. The lowest BCUT2D eigenvalue weighted by Gasteiger charge is -2.08. The molecule has 5 heteroatoms. The maximum atomic E-state index is 13.7. The monoisotopic (exact) mass is 337 g/mol. The fourth-order valence-corrected chi connectivity index (χ4v) is 1.98. The molecular formula is C15H13BrFNO2. The number of carbonyl (C=O) groups excluding carboxylic acids is 1. The molecule has 0 saturated carbocycles. The summed E-state index contributed by atoms with van der Waals surface area (Å²) in [6.45, 7) is 0.472. The summed E-state index contributed by atoms with van der Waals surface area (Å²) in [5.74, 6) is -1.25. The number of halogens is 2. The molecule has 0 amide bonds. The summed E-state index contributed by atoms with van der Waals surface area (Å²) >= 11 is 3.36. The topological polar surface area (TPSA) is 38.3 Å². The Bertz CT molecular complexity index is 614. The van der Waals surface area contributed by atoms with Gasteiger partial charge in [-0.05, 0) is 42.0 Å². The number of benzene rings is 2. The molecule has 0 aliphatic heterocycles. The third-order valence-corrected chi connectivity index (χ3v) is 3.31. The molecule has 0 radical (unpaired) electrons. The summed E-state index contributed by atoms with van der Waals surface area (Å²) in [6.07, 6.45) is 0. The van der Waals surface area contributed by atoms with E-state index in [9.17, 15) is 9.18 Å². The van der Waals surface area contributed by atoms with E-state index < -0.39 is 11.8 Å². The maximum Gasteiger partial charge on any atom is 0.340 e. The third kappa shape index (κ3) is 3.57. The van der Waals surface area contributed by atoms with Crippen LogP contribution in [0.25, 0.3) is 0 Å². The molecule has 0 saturated heterocycles. The highest BCUT2D eigenvalue weighted by atomic mass is 79.9. The van der Waals surface area contributed by atoms with Crippen molar-refractivity contribution in [2.75, 3.05) is 12.4 Å². The first-order valence-electron chi connectivity index (χ1n) is 5.96. The van der Waals surface area contributed by atoms with Gasteiger partial charge in [-0.1, -0.05) is 22.0 Å². The summed E-state index contributed by atoms with van der Waals surface area (Å²) in [5, 5.41) is 3.17. The van der Waals surface area contributed by atoms with Crippen molar-refractivity contribution in [1.29, 1.82) is 0 Å². The van der Waals surface area contributed by atoms with E-state index in [-0.39, 0.29) is 5.56 Å². The average molecular weight is 338 g/mol. The predicted octanol–water partition coefficient (Wildman–Crippen LogP) is 3.99. The van der Waals surface area contributed by atoms with Gasteiger partial charge in [0.05, 0.1) is 12.7 Å². The number of rotatable bonds is 4. The minimum atomic E-state index is -0.671. The van der Waals surface area contributed by atoms with Crippen LogP contribution in [0, 0.1) is 5.82 Å². The normalized spacial score (nSPS) is 10.2. The van der Waals surface area contributed by atoms with Gasteiger partial charge in [-0.15, -0.1) is 0 Å². The molecule has 0 bridgehead atoms. The molecule has 0 aliphatic carbocycles. The van der Waals surface area contributed by atoms with Gasteiger partial charge in [0.2, 0.25) is 0 Å². The zero-order valence-corrected chi connectivity index (χ0v) is 12.4. The van der Waals surface area contributed by atoms with E-state index in [2.05, 4.69) is 26.0 Å². The Hall–Kier alpha value is -1.88. The number of nitrogens with one attached hydrogen (secondary N) is 1. The second-order valence-corrected chi connectivity index (χ2v) is 5.08. The van der Waals surface area contributed by atoms with Gasteiger partial charge in [-0.25, -0.2) is 9.18 Å². The van der Waals surface area contributed by atoms with Crippen molar-refractivity contribution in [3.05, 3.63) is 63.9 Å². The highest BCUT2D eigenvalue weighted by molar-refractivity contribution is 9.10. The Balaban J connectivity index is 2.05. The van der Waals surface area contributed by atoms with E-state index in [1.54, 1.807) is 6.07 Å². The van der Waals surface area contributed by atoms with Crippen molar-refractivity contribution in [2.45, 2.75) is 6.54 Å². The molecule has 3 nitrogen and oxygen atoms in total. The van der Waals surface area contributed by atoms with Crippen LogP contribution in [-0.4, -0.2) is 13.1 Å². The first-order valence-corrected chi connectivity index (χ1v) is 6.75. The molecule has 0 heterocycles. The van der Waals surface area contributed by atoms with Crippen molar-refractivity contribution >= 4 is 27.6 Å². The molecule has 0 aliphatic rings. The third-order valence-electron chi connectivity index (χ3n) is 2.78. The van der Waals surface area contributed by atoms with Crippen LogP contribution < -0.4 is 5.32 Å². The second kappa shape index (κ2) is 6.52. The van der Waals surface area contributed by atoms with E-state index in [0.717, 1.165) is 15.7 Å². The predicted molar refractivity (Wildman–Crippen MR) is 79.2 cm³/mol. The van der Waals surface area contributed by atoms with Gasteiger partial charge in [-0.2, -0.15) is 0 Å². The summed E-state index contributed by atoms with van der Waals surface area (Å²) in [4.78, 5) is 11.3. The molecule has 0 aromatic heterocycles. The van der Waals surface area contributed by atoms with E-state index in [1.165, 1.54) is 19.2 Å². The largest absolute Gasteiger partial charge is 0.465 e. The molecule has 0 fully saturated rings. The standard InChI is InChI=1S/C15H13BrFNO2/c1-20-15(19)13-7-2-10(8-14(13)17)9-18-12-5-3-11(16)4-6-12/h2-8,18H,9H2,1H3.